The Bertz CT molecular complexity index is 329. The number of likely N-dealkylation sites (tertiary alicyclic amines) is 1. The number of carbonyl (C=O) groups excluding carboxylic acids is 1. The summed E-state index contributed by atoms with van der Waals surface area (Å²) in [5, 5.41) is 3.33. The Kier molecular flexibility index (Phi) is 5.41. The molecule has 20 heavy (non-hydrogen) atoms. The van der Waals surface area contributed by atoms with Gasteiger partial charge in [0, 0.05) is 19.8 Å². The number of methoxy groups -OCH3 is 1. The minimum absolute atomic E-state index is 0.184. The fraction of sp³-hybridized carbons (Fsp3) is 0.933. The van der Waals surface area contributed by atoms with Gasteiger partial charge in [-0.1, -0.05) is 6.92 Å². The molecule has 2 unspecified atom stereocenters. The smallest absolute Gasteiger partial charge is 0.237 e. The summed E-state index contributed by atoms with van der Waals surface area (Å²) in [5.74, 6) is 0.517. The van der Waals surface area contributed by atoms with Gasteiger partial charge in [-0.05, 0) is 57.7 Å². The summed E-state index contributed by atoms with van der Waals surface area (Å²) >= 11 is 0. The molecule has 0 radical (unpaired) electrons. The number of ether oxygens (including phenoxy) is 1. The normalized spacial score (nSPS) is 32.6. The van der Waals surface area contributed by atoms with Gasteiger partial charge in [0.15, 0.2) is 0 Å². The van der Waals surface area contributed by atoms with E-state index in [-0.39, 0.29) is 5.91 Å². The molecule has 2 aliphatic rings. The minimum atomic E-state index is -0.469. The molecule has 1 heterocycles. The molecule has 2 atom stereocenters. The van der Waals surface area contributed by atoms with Crippen molar-refractivity contribution in [1.29, 1.82) is 0 Å². The molecule has 5 heteroatoms. The molecule has 0 bridgehead atoms. The zero-order valence-corrected chi connectivity index (χ0v) is 12.9. The van der Waals surface area contributed by atoms with Gasteiger partial charge in [-0.3, -0.25) is 4.79 Å². The zero-order chi connectivity index (χ0) is 14.6. The average Bonchev–Trinajstić information content (AvgIpc) is 2.86. The van der Waals surface area contributed by atoms with Gasteiger partial charge in [-0.15, -0.1) is 0 Å². The topological polar surface area (TPSA) is 67.6 Å². The Morgan fingerprint density at radius 1 is 1.40 bits per heavy atom. The van der Waals surface area contributed by atoms with Crippen molar-refractivity contribution >= 4 is 5.91 Å². The SMILES string of the molecule is CCNC1(C(N)=O)CCC(N2CCC(COC)CC2)C1. The first-order valence-electron chi connectivity index (χ1n) is 7.89. The highest BCUT2D eigenvalue weighted by Gasteiger charge is 2.45. The van der Waals surface area contributed by atoms with Gasteiger partial charge in [-0.25, -0.2) is 0 Å². The average molecular weight is 283 g/mol. The Balaban J connectivity index is 1.88. The Morgan fingerprint density at radius 3 is 2.65 bits per heavy atom. The molecule has 1 aliphatic carbocycles. The fourth-order valence-corrected chi connectivity index (χ4v) is 3.86. The largest absolute Gasteiger partial charge is 0.384 e. The lowest BCUT2D eigenvalue weighted by Crippen LogP contribution is -2.54. The fourth-order valence-electron chi connectivity index (χ4n) is 3.86. The van der Waals surface area contributed by atoms with Crippen LogP contribution in [0.15, 0.2) is 0 Å². The molecule has 2 fully saturated rings. The van der Waals surface area contributed by atoms with E-state index in [1.54, 1.807) is 7.11 Å². The molecule has 0 aromatic carbocycles. The maximum absolute atomic E-state index is 11.8. The van der Waals surface area contributed by atoms with E-state index >= 15 is 0 Å². The summed E-state index contributed by atoms with van der Waals surface area (Å²) in [6.07, 6.45) is 5.22. The van der Waals surface area contributed by atoms with Crippen molar-refractivity contribution in [3.05, 3.63) is 0 Å². The van der Waals surface area contributed by atoms with Crippen molar-refractivity contribution in [2.45, 2.75) is 50.6 Å². The molecule has 0 aromatic rings. The predicted molar refractivity (Wildman–Crippen MR) is 79.4 cm³/mol. The molecule has 5 nitrogen and oxygen atoms in total. The number of primary amides is 1. The van der Waals surface area contributed by atoms with E-state index in [2.05, 4.69) is 10.2 Å². The first-order chi connectivity index (χ1) is 9.61. The van der Waals surface area contributed by atoms with Crippen LogP contribution in [0.4, 0.5) is 0 Å². The van der Waals surface area contributed by atoms with Gasteiger partial charge >= 0.3 is 0 Å². The van der Waals surface area contributed by atoms with Gasteiger partial charge in [0.1, 0.15) is 0 Å². The van der Waals surface area contributed by atoms with Crippen LogP contribution in [-0.4, -0.2) is 55.7 Å². The van der Waals surface area contributed by atoms with E-state index in [0.717, 1.165) is 45.5 Å². The van der Waals surface area contributed by atoms with Crippen LogP contribution in [0.2, 0.25) is 0 Å². The van der Waals surface area contributed by atoms with E-state index in [4.69, 9.17) is 10.5 Å². The summed E-state index contributed by atoms with van der Waals surface area (Å²) in [6, 6.07) is 0.505. The quantitative estimate of drug-likeness (QED) is 0.754. The van der Waals surface area contributed by atoms with Crippen LogP contribution in [0, 0.1) is 5.92 Å². The summed E-state index contributed by atoms with van der Waals surface area (Å²) < 4.78 is 5.25. The summed E-state index contributed by atoms with van der Waals surface area (Å²) in [7, 11) is 1.78. The van der Waals surface area contributed by atoms with Gasteiger partial charge in [0.05, 0.1) is 5.54 Å². The molecule has 1 saturated heterocycles. The number of amides is 1. The van der Waals surface area contributed by atoms with Gasteiger partial charge in [-0.2, -0.15) is 0 Å². The molecule has 2 rings (SSSR count). The monoisotopic (exact) mass is 283 g/mol. The van der Waals surface area contributed by atoms with Crippen LogP contribution in [-0.2, 0) is 9.53 Å². The van der Waals surface area contributed by atoms with E-state index < -0.39 is 5.54 Å². The number of nitrogens with two attached hydrogens (primary N) is 1. The number of carbonyl (C=O) groups is 1. The Labute approximate surface area is 122 Å². The van der Waals surface area contributed by atoms with Crippen molar-refractivity contribution in [3.8, 4) is 0 Å². The summed E-state index contributed by atoms with van der Waals surface area (Å²) in [5.41, 5.74) is 5.17. The minimum Gasteiger partial charge on any atom is -0.384 e. The third-order valence-electron chi connectivity index (χ3n) is 5.04. The third-order valence-corrected chi connectivity index (χ3v) is 5.04. The van der Waals surface area contributed by atoms with Crippen molar-refractivity contribution in [2.24, 2.45) is 11.7 Å². The molecule has 1 saturated carbocycles. The molecule has 0 spiro atoms. The lowest BCUT2D eigenvalue weighted by Gasteiger charge is -2.36. The van der Waals surface area contributed by atoms with Crippen molar-refractivity contribution in [1.82, 2.24) is 10.2 Å². The predicted octanol–water partition coefficient (Wildman–Crippen LogP) is 0.731. The van der Waals surface area contributed by atoms with E-state index in [9.17, 15) is 4.79 Å². The van der Waals surface area contributed by atoms with Gasteiger partial charge in [0.2, 0.25) is 5.91 Å². The lowest BCUT2D eigenvalue weighted by molar-refractivity contribution is -0.124. The number of nitrogens with one attached hydrogen (secondary N) is 1. The van der Waals surface area contributed by atoms with Crippen LogP contribution in [0.5, 0.6) is 0 Å². The first kappa shape index (κ1) is 15.7. The molecule has 116 valence electrons. The highest BCUT2D eigenvalue weighted by Crippen LogP contribution is 2.34. The second kappa shape index (κ2) is 6.87. The van der Waals surface area contributed by atoms with Gasteiger partial charge < -0.3 is 20.7 Å². The molecular formula is C15H29N3O2. The lowest BCUT2D eigenvalue weighted by atomic mass is 9.94. The third kappa shape index (κ3) is 3.32. The van der Waals surface area contributed by atoms with Crippen molar-refractivity contribution < 1.29 is 9.53 Å². The summed E-state index contributed by atoms with van der Waals surface area (Å²) in [6.45, 7) is 5.96. The number of rotatable bonds is 6. The highest BCUT2D eigenvalue weighted by atomic mass is 16.5. The van der Waals surface area contributed by atoms with Crippen molar-refractivity contribution in [2.75, 3.05) is 33.4 Å². The van der Waals surface area contributed by atoms with Crippen LogP contribution >= 0.6 is 0 Å². The number of hydrogen-bond acceptors (Lipinski definition) is 4. The summed E-state index contributed by atoms with van der Waals surface area (Å²) in [4.78, 5) is 14.4. The van der Waals surface area contributed by atoms with Gasteiger partial charge in [0.25, 0.3) is 0 Å². The second-order valence-electron chi connectivity index (χ2n) is 6.31. The standard InChI is InChI=1S/C15H29N3O2/c1-3-17-15(14(16)19)7-4-13(10-15)18-8-5-12(6-9-18)11-20-2/h12-13,17H,3-11H2,1-2H3,(H2,16,19). The molecule has 3 N–H and O–H groups in total. The van der Waals surface area contributed by atoms with Crippen LogP contribution in [0.25, 0.3) is 0 Å². The number of piperidine rings is 1. The zero-order valence-electron chi connectivity index (χ0n) is 12.9. The first-order valence-corrected chi connectivity index (χ1v) is 7.89. The van der Waals surface area contributed by atoms with E-state index in [0.29, 0.717) is 12.0 Å². The molecule has 0 aromatic heterocycles. The molecule has 1 amide bonds. The van der Waals surface area contributed by atoms with E-state index in [1.165, 1.54) is 12.8 Å². The number of likely N-dealkylation sites (N-methyl/N-ethyl adjacent to an activating group) is 1. The maximum atomic E-state index is 11.8. The Morgan fingerprint density at radius 2 is 2.10 bits per heavy atom. The Hall–Kier alpha value is -0.650. The maximum Gasteiger partial charge on any atom is 0.237 e. The van der Waals surface area contributed by atoms with Crippen LogP contribution < -0.4 is 11.1 Å². The van der Waals surface area contributed by atoms with Crippen LogP contribution in [0.3, 0.4) is 0 Å². The molecular weight excluding hydrogens is 254 g/mol. The van der Waals surface area contributed by atoms with Crippen LogP contribution in [0.1, 0.15) is 39.0 Å². The van der Waals surface area contributed by atoms with E-state index in [1.807, 2.05) is 6.92 Å². The highest BCUT2D eigenvalue weighted by molar-refractivity contribution is 5.85. The second-order valence-corrected chi connectivity index (χ2v) is 6.31. The number of nitrogens with zero attached hydrogens (tertiary/aromatic N) is 1. The van der Waals surface area contributed by atoms with Crippen molar-refractivity contribution in [3.63, 3.8) is 0 Å². The molecule has 1 aliphatic heterocycles. The number of hydrogen-bond donors (Lipinski definition) is 2.